The summed E-state index contributed by atoms with van der Waals surface area (Å²) < 4.78 is 0. The van der Waals surface area contributed by atoms with Gasteiger partial charge in [-0.3, -0.25) is 0 Å². The third kappa shape index (κ3) is 6.22. The van der Waals surface area contributed by atoms with Crippen molar-refractivity contribution < 1.29 is 54.4 Å². The van der Waals surface area contributed by atoms with E-state index >= 15 is 0 Å². The van der Waals surface area contributed by atoms with Crippen LogP contribution in [0.2, 0.25) is 0 Å². The number of carboxylic acids is 3. The summed E-state index contributed by atoms with van der Waals surface area (Å²) >= 11 is 0. The third-order valence-corrected chi connectivity index (χ3v) is 9.38. The van der Waals surface area contributed by atoms with E-state index in [0.29, 0.717) is 25.0 Å². The van der Waals surface area contributed by atoms with Crippen molar-refractivity contribution in [1.82, 2.24) is 0 Å². The zero-order valence-electron chi connectivity index (χ0n) is 22.8. The van der Waals surface area contributed by atoms with Crippen molar-refractivity contribution in [1.29, 1.82) is 0 Å². The summed E-state index contributed by atoms with van der Waals surface area (Å²) in [6.07, 6.45) is 7.09. The second kappa shape index (κ2) is 12.6. The molecule has 41 heavy (non-hydrogen) atoms. The molecule has 0 bridgehead atoms. The summed E-state index contributed by atoms with van der Waals surface area (Å²) in [4.78, 5) is 47.6. The number of oxime groups is 3. The van der Waals surface area contributed by atoms with E-state index in [-0.39, 0.29) is 35.3 Å². The zero-order chi connectivity index (χ0) is 29.8. The van der Waals surface area contributed by atoms with E-state index in [1.54, 1.807) is 6.21 Å². The molecule has 0 aromatic carbocycles. The highest BCUT2D eigenvalue weighted by Crippen LogP contribution is 2.66. The Labute approximate surface area is 236 Å². The quantitative estimate of drug-likeness (QED) is 0.165. The molecule has 226 valence electrons. The molecule has 3 saturated carbocycles. The second-order valence-corrected chi connectivity index (χ2v) is 11.5. The van der Waals surface area contributed by atoms with Gasteiger partial charge in [0.25, 0.3) is 0 Å². The van der Waals surface area contributed by atoms with E-state index in [1.165, 1.54) is 0 Å². The number of nitrogens with zero attached hydrogens (tertiary/aromatic N) is 3. The van der Waals surface area contributed by atoms with Crippen LogP contribution in [0.4, 0.5) is 0 Å². The standard InChI is InChI=1S/C27H37N3O11/c1-26-7-6-16(29-40-12-23(35)36)8-15(26)2-3-17-18-4-5-19(20(10-31)30-41-13-24(37)38)27(18,9-21(32)25(17)26)14-28-39-11-22(33)34/h8,14,17-19,21,25,31-32H,2-7,9-13H2,1H3,(H,33,34)(H,35,36)(H,37,38)/b28-14-,29-16-,30-20+/t17-,18-,19+,21-,25+,26-,27+/m0/s1. The van der Waals surface area contributed by atoms with Crippen LogP contribution in [0.1, 0.15) is 51.9 Å². The molecule has 0 spiro atoms. The van der Waals surface area contributed by atoms with E-state index in [2.05, 4.69) is 22.4 Å². The van der Waals surface area contributed by atoms with Crippen LogP contribution in [0.3, 0.4) is 0 Å². The van der Waals surface area contributed by atoms with Gasteiger partial charge in [0.1, 0.15) is 0 Å². The minimum atomic E-state index is -1.21. The fourth-order valence-electron chi connectivity index (χ4n) is 7.96. The summed E-state index contributed by atoms with van der Waals surface area (Å²) in [5.41, 5.74) is 0.907. The lowest BCUT2D eigenvalue weighted by atomic mass is 9.45. The van der Waals surface area contributed by atoms with Gasteiger partial charge in [-0.1, -0.05) is 28.0 Å². The van der Waals surface area contributed by atoms with Crippen molar-refractivity contribution in [2.24, 2.45) is 50.0 Å². The van der Waals surface area contributed by atoms with E-state index in [1.807, 2.05) is 6.08 Å². The molecule has 0 aromatic heterocycles. The monoisotopic (exact) mass is 579 g/mol. The number of hydrogen-bond donors (Lipinski definition) is 5. The highest BCUT2D eigenvalue weighted by Gasteiger charge is 2.64. The van der Waals surface area contributed by atoms with Gasteiger partial charge >= 0.3 is 17.9 Å². The molecule has 7 atom stereocenters. The van der Waals surface area contributed by atoms with Gasteiger partial charge in [0, 0.05) is 11.3 Å². The Bertz CT molecular complexity index is 1150. The van der Waals surface area contributed by atoms with E-state index in [0.717, 1.165) is 24.8 Å². The van der Waals surface area contributed by atoms with Gasteiger partial charge in [0.05, 0.1) is 30.3 Å². The van der Waals surface area contributed by atoms with Crippen molar-refractivity contribution >= 4 is 35.5 Å². The second-order valence-electron chi connectivity index (χ2n) is 11.5. The van der Waals surface area contributed by atoms with Crippen molar-refractivity contribution in [3.8, 4) is 0 Å². The van der Waals surface area contributed by atoms with Crippen molar-refractivity contribution in [3.63, 3.8) is 0 Å². The summed E-state index contributed by atoms with van der Waals surface area (Å²) in [5.74, 6) is -3.95. The van der Waals surface area contributed by atoms with Crippen LogP contribution in [-0.4, -0.2) is 93.6 Å². The first kappa shape index (κ1) is 30.4. The first-order valence-corrected chi connectivity index (χ1v) is 13.7. The number of aliphatic carboxylic acids is 3. The molecule has 4 aliphatic rings. The van der Waals surface area contributed by atoms with E-state index in [4.69, 9.17) is 29.8 Å². The van der Waals surface area contributed by atoms with Crippen LogP contribution in [0.15, 0.2) is 27.1 Å². The van der Waals surface area contributed by atoms with Crippen LogP contribution in [-0.2, 0) is 28.9 Å². The van der Waals surface area contributed by atoms with E-state index in [9.17, 15) is 24.6 Å². The van der Waals surface area contributed by atoms with Gasteiger partial charge < -0.3 is 40.0 Å². The lowest BCUT2D eigenvalue weighted by Crippen LogP contribution is -2.58. The molecule has 4 aliphatic carbocycles. The average molecular weight is 580 g/mol. The lowest BCUT2D eigenvalue weighted by Gasteiger charge is -2.59. The Balaban J connectivity index is 1.65. The van der Waals surface area contributed by atoms with Gasteiger partial charge in [0.15, 0.2) is 0 Å². The van der Waals surface area contributed by atoms with Gasteiger partial charge in [-0.05, 0) is 74.2 Å². The summed E-state index contributed by atoms with van der Waals surface area (Å²) in [6, 6.07) is 0. The summed E-state index contributed by atoms with van der Waals surface area (Å²) in [5, 5.41) is 60.6. The maximum Gasteiger partial charge on any atom is 0.344 e. The van der Waals surface area contributed by atoms with Gasteiger partial charge in [-0.15, -0.1) is 0 Å². The minimum Gasteiger partial charge on any atom is -0.479 e. The Morgan fingerprint density at radius 2 is 1.68 bits per heavy atom. The van der Waals surface area contributed by atoms with Crippen LogP contribution >= 0.6 is 0 Å². The Kier molecular flexibility index (Phi) is 9.32. The van der Waals surface area contributed by atoms with Crippen molar-refractivity contribution in [3.05, 3.63) is 11.6 Å². The smallest absolute Gasteiger partial charge is 0.344 e. The molecule has 3 fully saturated rings. The molecule has 0 radical (unpaired) electrons. The number of rotatable bonds is 12. The number of hydrogen-bond acceptors (Lipinski definition) is 11. The molecule has 0 heterocycles. The maximum absolute atomic E-state index is 11.8. The number of aliphatic hydroxyl groups excluding tert-OH is 2. The topological polar surface area (TPSA) is 217 Å². The summed E-state index contributed by atoms with van der Waals surface area (Å²) in [6.45, 7) is -0.154. The number of carbonyl (C=O) groups is 3. The number of aliphatic hydroxyl groups is 2. The SMILES string of the molecule is C[C@]12CC/C(=N/OCC(=O)O)C=C1CC[C@@H]1[C@@H]2[C@@H](O)C[C@]2(/C=N\OCC(=O)O)[C@@H](/C(CO)=N/OCC(=O)O)CC[C@@H]12. The van der Waals surface area contributed by atoms with Crippen LogP contribution in [0.25, 0.3) is 0 Å². The molecule has 0 unspecified atom stereocenters. The number of fused-ring (bicyclic) bond motifs is 5. The Morgan fingerprint density at radius 3 is 2.37 bits per heavy atom. The Morgan fingerprint density at radius 1 is 1.00 bits per heavy atom. The molecule has 0 saturated heterocycles. The van der Waals surface area contributed by atoms with Crippen LogP contribution < -0.4 is 0 Å². The van der Waals surface area contributed by atoms with Crippen molar-refractivity contribution in [2.45, 2.75) is 58.0 Å². The molecule has 0 aliphatic heterocycles. The molecule has 5 N–H and O–H groups in total. The first-order chi connectivity index (χ1) is 19.5. The predicted octanol–water partition coefficient (Wildman–Crippen LogP) is 1.51. The minimum absolute atomic E-state index is 0.00152. The molecular formula is C27H37N3O11. The molecule has 14 heteroatoms. The fraction of sp³-hybridized carbons (Fsp3) is 0.704. The number of allylic oxidation sites excluding steroid dienone is 2. The first-order valence-electron chi connectivity index (χ1n) is 13.7. The highest BCUT2D eigenvalue weighted by atomic mass is 16.6. The molecule has 0 amide bonds. The van der Waals surface area contributed by atoms with Gasteiger partial charge in [-0.25, -0.2) is 14.4 Å². The normalized spacial score (nSPS) is 35.7. The summed E-state index contributed by atoms with van der Waals surface area (Å²) in [7, 11) is 0. The van der Waals surface area contributed by atoms with Crippen LogP contribution in [0, 0.1) is 34.5 Å². The van der Waals surface area contributed by atoms with Gasteiger partial charge in [0.2, 0.25) is 19.8 Å². The third-order valence-electron chi connectivity index (χ3n) is 9.38. The average Bonchev–Trinajstić information content (AvgIpc) is 3.27. The van der Waals surface area contributed by atoms with E-state index < -0.39 is 61.8 Å². The fourth-order valence-corrected chi connectivity index (χ4v) is 7.96. The molecule has 0 aromatic rings. The van der Waals surface area contributed by atoms with Gasteiger partial charge in [-0.2, -0.15) is 0 Å². The zero-order valence-corrected chi connectivity index (χ0v) is 22.8. The maximum atomic E-state index is 11.8. The number of carboxylic acid groups (broad SMARTS) is 3. The van der Waals surface area contributed by atoms with Crippen molar-refractivity contribution in [2.75, 3.05) is 26.4 Å². The highest BCUT2D eigenvalue weighted by molar-refractivity contribution is 5.96. The molecular weight excluding hydrogens is 542 g/mol. The molecule has 4 rings (SSSR count). The predicted molar refractivity (Wildman–Crippen MR) is 142 cm³/mol. The largest absolute Gasteiger partial charge is 0.479 e. The lowest BCUT2D eigenvalue weighted by molar-refractivity contribution is -0.143. The Hall–Kier alpha value is -3.52. The van der Waals surface area contributed by atoms with Crippen LogP contribution in [0.5, 0.6) is 0 Å². The molecule has 14 nitrogen and oxygen atoms in total.